The number of carbonyl (C=O) groups excluding carboxylic acids is 1. The van der Waals surface area contributed by atoms with Crippen molar-refractivity contribution in [2.45, 2.75) is 36.6 Å². The van der Waals surface area contributed by atoms with Gasteiger partial charge in [0.05, 0.1) is 0 Å². The summed E-state index contributed by atoms with van der Waals surface area (Å²) in [4.78, 5) is 24.1. The van der Waals surface area contributed by atoms with Crippen LogP contribution < -0.4 is 10.2 Å². The number of thioether (sulfide) groups is 1. The molecule has 38 heavy (non-hydrogen) atoms. The summed E-state index contributed by atoms with van der Waals surface area (Å²) in [5, 5.41) is 4.17. The van der Waals surface area contributed by atoms with Crippen molar-refractivity contribution >= 4 is 35.1 Å². The van der Waals surface area contributed by atoms with Crippen LogP contribution in [-0.4, -0.2) is 36.0 Å². The number of benzene rings is 3. The first-order chi connectivity index (χ1) is 18.5. The summed E-state index contributed by atoms with van der Waals surface area (Å²) < 4.78 is 0. The Bertz CT molecular complexity index is 1280. The number of aromatic nitrogens is 2. The molecule has 196 valence electrons. The number of hydrogen-bond acceptors (Lipinski definition) is 5. The van der Waals surface area contributed by atoms with Gasteiger partial charge < -0.3 is 10.2 Å². The first-order valence-corrected chi connectivity index (χ1v) is 14.3. The van der Waals surface area contributed by atoms with Crippen molar-refractivity contribution in [3.05, 3.63) is 118 Å². The standard InChI is InChI=1S/C31H33ClN4OS/c1-3-19-36(2)29-21-28(32)34-31(35-29)38-22-23-11-10-16-26(20-23)30(37)33-18-17-27(24-12-6-4-7-13-24)25-14-8-5-9-15-25/h4-16,20-21,27H,3,17-19,22H2,1-2H3,(H,33,37). The molecule has 7 heteroatoms. The van der Waals surface area contributed by atoms with Crippen LogP contribution in [0.1, 0.15) is 52.7 Å². The lowest BCUT2D eigenvalue weighted by atomic mass is 9.88. The zero-order chi connectivity index (χ0) is 26.7. The molecule has 1 heterocycles. The van der Waals surface area contributed by atoms with Gasteiger partial charge >= 0.3 is 0 Å². The van der Waals surface area contributed by atoms with E-state index in [-0.39, 0.29) is 11.8 Å². The number of nitrogens with zero attached hydrogens (tertiary/aromatic N) is 3. The zero-order valence-corrected chi connectivity index (χ0v) is 23.4. The van der Waals surface area contributed by atoms with Crippen LogP contribution in [0.25, 0.3) is 0 Å². The summed E-state index contributed by atoms with van der Waals surface area (Å²) in [6.45, 7) is 3.60. The molecule has 0 saturated heterocycles. The summed E-state index contributed by atoms with van der Waals surface area (Å²) in [6.07, 6.45) is 1.84. The second-order valence-corrected chi connectivity index (χ2v) is 10.5. The highest BCUT2D eigenvalue weighted by molar-refractivity contribution is 7.98. The number of rotatable bonds is 12. The lowest BCUT2D eigenvalue weighted by Crippen LogP contribution is -2.26. The fraction of sp³-hybridized carbons (Fsp3) is 0.258. The van der Waals surface area contributed by atoms with Crippen LogP contribution in [-0.2, 0) is 5.75 Å². The van der Waals surface area contributed by atoms with Crippen LogP contribution in [0.3, 0.4) is 0 Å². The summed E-state index contributed by atoms with van der Waals surface area (Å²) in [5.41, 5.74) is 4.18. The number of amides is 1. The van der Waals surface area contributed by atoms with Crippen molar-refractivity contribution in [2.75, 3.05) is 25.0 Å². The molecule has 0 aliphatic carbocycles. The van der Waals surface area contributed by atoms with Crippen molar-refractivity contribution in [3.63, 3.8) is 0 Å². The van der Waals surface area contributed by atoms with Crippen molar-refractivity contribution in [3.8, 4) is 0 Å². The predicted octanol–water partition coefficient (Wildman–Crippen LogP) is 7.22. The number of nitrogens with one attached hydrogen (secondary N) is 1. The Kier molecular flexibility index (Phi) is 10.2. The summed E-state index contributed by atoms with van der Waals surface area (Å²) in [7, 11) is 2.00. The topological polar surface area (TPSA) is 58.1 Å². The van der Waals surface area contributed by atoms with Gasteiger partial charge in [0.15, 0.2) is 5.16 Å². The minimum absolute atomic E-state index is 0.0702. The lowest BCUT2D eigenvalue weighted by molar-refractivity contribution is 0.0952. The minimum Gasteiger partial charge on any atom is -0.360 e. The third kappa shape index (κ3) is 7.83. The van der Waals surface area contributed by atoms with Gasteiger partial charge in [-0.2, -0.15) is 0 Å². The Hall–Kier alpha value is -3.35. The number of carbonyl (C=O) groups is 1. The third-order valence-corrected chi connectivity index (χ3v) is 7.40. The molecule has 3 aromatic carbocycles. The Labute approximate surface area is 234 Å². The fourth-order valence-electron chi connectivity index (χ4n) is 4.37. The average Bonchev–Trinajstić information content (AvgIpc) is 2.95. The number of halogens is 1. The number of hydrogen-bond donors (Lipinski definition) is 1. The highest BCUT2D eigenvalue weighted by Crippen LogP contribution is 2.28. The van der Waals surface area contributed by atoms with Crippen LogP contribution >= 0.6 is 23.4 Å². The largest absolute Gasteiger partial charge is 0.360 e. The molecule has 0 atom stereocenters. The first kappa shape index (κ1) is 27.7. The fourth-order valence-corrected chi connectivity index (χ4v) is 5.40. The molecule has 0 aliphatic heterocycles. The van der Waals surface area contributed by atoms with Crippen LogP contribution in [0.2, 0.25) is 5.15 Å². The molecule has 4 rings (SSSR count). The first-order valence-electron chi connectivity index (χ1n) is 12.9. The van der Waals surface area contributed by atoms with E-state index < -0.39 is 0 Å². The van der Waals surface area contributed by atoms with Gasteiger partial charge in [-0.25, -0.2) is 9.97 Å². The van der Waals surface area contributed by atoms with E-state index in [0.717, 1.165) is 30.8 Å². The maximum absolute atomic E-state index is 13.0. The molecule has 1 N–H and O–H groups in total. The lowest BCUT2D eigenvalue weighted by Gasteiger charge is -2.18. The van der Waals surface area contributed by atoms with E-state index in [1.807, 2.05) is 43.4 Å². The van der Waals surface area contributed by atoms with E-state index in [0.29, 0.717) is 28.2 Å². The SMILES string of the molecule is CCCN(C)c1cc(Cl)nc(SCc2cccc(C(=O)NCCC(c3ccccc3)c3ccccc3)c2)n1. The molecular formula is C31H33ClN4OS. The van der Waals surface area contributed by atoms with Gasteiger partial charge in [0.1, 0.15) is 11.0 Å². The Morgan fingerprint density at radius 3 is 2.29 bits per heavy atom. The van der Waals surface area contributed by atoms with Crippen LogP contribution in [0.15, 0.2) is 96.2 Å². The van der Waals surface area contributed by atoms with Crippen molar-refractivity contribution in [2.24, 2.45) is 0 Å². The Balaban J connectivity index is 1.36. The molecule has 0 radical (unpaired) electrons. The maximum Gasteiger partial charge on any atom is 0.251 e. The predicted molar refractivity (Wildman–Crippen MR) is 158 cm³/mol. The van der Waals surface area contributed by atoms with Gasteiger partial charge in [0, 0.05) is 43.4 Å². The van der Waals surface area contributed by atoms with Crippen molar-refractivity contribution in [1.29, 1.82) is 0 Å². The monoisotopic (exact) mass is 544 g/mol. The molecular weight excluding hydrogens is 512 g/mol. The maximum atomic E-state index is 13.0. The van der Waals surface area contributed by atoms with E-state index >= 15 is 0 Å². The summed E-state index contributed by atoms with van der Waals surface area (Å²) in [5.74, 6) is 1.60. The van der Waals surface area contributed by atoms with Crippen LogP contribution in [0, 0.1) is 0 Å². The molecule has 0 saturated carbocycles. The molecule has 0 aliphatic rings. The molecule has 0 fully saturated rings. The Morgan fingerprint density at radius 2 is 1.63 bits per heavy atom. The normalized spacial score (nSPS) is 10.9. The molecule has 0 bridgehead atoms. The minimum atomic E-state index is -0.0702. The summed E-state index contributed by atoms with van der Waals surface area (Å²) in [6, 6.07) is 30.4. The van der Waals surface area contributed by atoms with E-state index in [1.165, 1.54) is 22.9 Å². The molecule has 5 nitrogen and oxygen atoms in total. The van der Waals surface area contributed by atoms with Gasteiger partial charge in [-0.05, 0) is 41.7 Å². The third-order valence-electron chi connectivity index (χ3n) is 6.29. The van der Waals surface area contributed by atoms with Crippen LogP contribution in [0.5, 0.6) is 0 Å². The van der Waals surface area contributed by atoms with Gasteiger partial charge in [0.25, 0.3) is 5.91 Å². The van der Waals surface area contributed by atoms with Crippen LogP contribution in [0.4, 0.5) is 5.82 Å². The Morgan fingerprint density at radius 1 is 0.947 bits per heavy atom. The smallest absolute Gasteiger partial charge is 0.251 e. The quantitative estimate of drug-likeness (QED) is 0.116. The highest BCUT2D eigenvalue weighted by atomic mass is 35.5. The molecule has 4 aromatic rings. The number of anilines is 1. The van der Waals surface area contributed by atoms with E-state index in [4.69, 9.17) is 11.6 Å². The summed E-state index contributed by atoms with van der Waals surface area (Å²) >= 11 is 7.76. The highest BCUT2D eigenvalue weighted by Gasteiger charge is 2.15. The molecule has 1 aromatic heterocycles. The molecule has 0 spiro atoms. The molecule has 0 unspecified atom stereocenters. The second kappa shape index (κ2) is 14.0. The molecule has 1 amide bonds. The van der Waals surface area contributed by atoms with Gasteiger partial charge in [-0.1, -0.05) is 103 Å². The van der Waals surface area contributed by atoms with Gasteiger partial charge in [-0.15, -0.1) is 0 Å². The van der Waals surface area contributed by atoms with E-state index in [1.54, 1.807) is 6.07 Å². The van der Waals surface area contributed by atoms with E-state index in [9.17, 15) is 4.79 Å². The van der Waals surface area contributed by atoms with Crippen molar-refractivity contribution in [1.82, 2.24) is 15.3 Å². The second-order valence-electron chi connectivity index (χ2n) is 9.16. The van der Waals surface area contributed by atoms with Gasteiger partial charge in [0.2, 0.25) is 0 Å². The zero-order valence-electron chi connectivity index (χ0n) is 21.8. The van der Waals surface area contributed by atoms with Crippen molar-refractivity contribution < 1.29 is 4.79 Å². The average molecular weight is 545 g/mol. The van der Waals surface area contributed by atoms with Gasteiger partial charge in [-0.3, -0.25) is 4.79 Å². The van der Waals surface area contributed by atoms with E-state index in [2.05, 4.69) is 75.6 Å².